The first-order valence-corrected chi connectivity index (χ1v) is 5.17. The molecule has 0 saturated carbocycles. The molecule has 80 valence electrons. The van der Waals surface area contributed by atoms with E-state index in [1.54, 1.807) is 0 Å². The molecule has 0 aliphatic carbocycles. The fraction of sp³-hybridized carbons (Fsp3) is 0.700. The van der Waals surface area contributed by atoms with Crippen LogP contribution in [-0.4, -0.2) is 34.1 Å². The monoisotopic (exact) mass is 213 g/mol. The van der Waals surface area contributed by atoms with E-state index >= 15 is 0 Å². The Hall–Kier alpha value is -0.610. The third kappa shape index (κ3) is 2.45. The number of hydrogen-bond donors (Lipinski definition) is 1. The third-order valence-electron chi connectivity index (χ3n) is 2.68. The molecule has 1 aromatic heterocycles. The SMILES string of the molecule is Cc1cn(CC(C)(C)N(C)C)c(=S)[nH]1. The Morgan fingerprint density at radius 1 is 1.50 bits per heavy atom. The van der Waals surface area contributed by atoms with Crippen LogP contribution >= 0.6 is 12.2 Å². The van der Waals surface area contributed by atoms with Crippen molar-refractivity contribution in [1.82, 2.24) is 14.5 Å². The molecule has 3 nitrogen and oxygen atoms in total. The number of H-pyrrole nitrogens is 1. The average molecular weight is 213 g/mol. The topological polar surface area (TPSA) is 24.0 Å². The summed E-state index contributed by atoms with van der Waals surface area (Å²) >= 11 is 5.22. The van der Waals surface area contributed by atoms with Gasteiger partial charge in [-0.15, -0.1) is 0 Å². The number of aryl methyl sites for hydroxylation is 1. The smallest absolute Gasteiger partial charge is 0.177 e. The van der Waals surface area contributed by atoms with Crippen LogP contribution < -0.4 is 0 Å². The first-order valence-electron chi connectivity index (χ1n) is 4.76. The van der Waals surface area contributed by atoms with E-state index in [0.29, 0.717) is 0 Å². The minimum absolute atomic E-state index is 0.118. The maximum absolute atomic E-state index is 5.22. The van der Waals surface area contributed by atoms with Gasteiger partial charge in [-0.25, -0.2) is 0 Å². The molecule has 0 aliphatic rings. The van der Waals surface area contributed by atoms with Crippen LogP contribution in [0.2, 0.25) is 0 Å². The Morgan fingerprint density at radius 2 is 2.07 bits per heavy atom. The van der Waals surface area contributed by atoms with Gasteiger partial charge < -0.3 is 14.5 Å². The molecule has 0 atom stereocenters. The highest BCUT2D eigenvalue weighted by Crippen LogP contribution is 2.13. The Kier molecular flexibility index (Phi) is 3.17. The van der Waals surface area contributed by atoms with Crippen LogP contribution in [0, 0.1) is 11.7 Å². The van der Waals surface area contributed by atoms with E-state index in [1.807, 2.05) is 6.92 Å². The number of nitrogens with one attached hydrogen (secondary N) is 1. The Balaban J connectivity index is 2.89. The zero-order valence-corrected chi connectivity index (χ0v) is 10.4. The van der Waals surface area contributed by atoms with E-state index in [-0.39, 0.29) is 5.54 Å². The lowest BCUT2D eigenvalue weighted by Crippen LogP contribution is -2.41. The highest BCUT2D eigenvalue weighted by Gasteiger charge is 2.21. The lowest BCUT2D eigenvalue weighted by Gasteiger charge is -2.32. The van der Waals surface area contributed by atoms with Crippen molar-refractivity contribution in [2.24, 2.45) is 0 Å². The van der Waals surface area contributed by atoms with Gasteiger partial charge in [0, 0.05) is 24.0 Å². The first-order chi connectivity index (χ1) is 6.33. The van der Waals surface area contributed by atoms with Crippen LogP contribution in [-0.2, 0) is 6.54 Å². The molecule has 1 heterocycles. The summed E-state index contributed by atoms with van der Waals surface area (Å²) < 4.78 is 2.89. The van der Waals surface area contributed by atoms with Gasteiger partial charge in [0.2, 0.25) is 0 Å². The molecule has 14 heavy (non-hydrogen) atoms. The van der Waals surface area contributed by atoms with Gasteiger partial charge in [-0.2, -0.15) is 0 Å². The van der Waals surface area contributed by atoms with Crippen molar-refractivity contribution in [1.29, 1.82) is 0 Å². The summed E-state index contributed by atoms with van der Waals surface area (Å²) in [6.07, 6.45) is 2.06. The maximum Gasteiger partial charge on any atom is 0.177 e. The molecule has 1 N–H and O–H groups in total. The predicted molar refractivity (Wildman–Crippen MR) is 62.1 cm³/mol. The quantitative estimate of drug-likeness (QED) is 0.778. The standard InChI is InChI=1S/C10H19N3S/c1-8-6-13(9(14)11-8)7-10(2,3)12(4)5/h6H,7H2,1-5H3,(H,11,14). The van der Waals surface area contributed by atoms with E-state index in [2.05, 4.69) is 48.6 Å². The molecule has 0 saturated heterocycles. The van der Waals surface area contributed by atoms with Gasteiger partial charge in [-0.1, -0.05) is 0 Å². The first kappa shape index (κ1) is 11.5. The molecule has 0 amide bonds. The van der Waals surface area contributed by atoms with Gasteiger partial charge in [0.1, 0.15) is 0 Å². The Morgan fingerprint density at radius 3 is 2.43 bits per heavy atom. The summed E-state index contributed by atoms with van der Waals surface area (Å²) in [5, 5.41) is 0. The molecule has 4 heteroatoms. The van der Waals surface area contributed by atoms with Crippen molar-refractivity contribution in [2.45, 2.75) is 32.9 Å². The molecule has 1 aromatic rings. The molecule has 0 unspecified atom stereocenters. The molecular weight excluding hydrogens is 194 g/mol. The average Bonchev–Trinajstić information content (AvgIpc) is 2.29. The van der Waals surface area contributed by atoms with Crippen LogP contribution in [0.15, 0.2) is 6.20 Å². The molecule has 0 aromatic carbocycles. The predicted octanol–water partition coefficient (Wildman–Crippen LogP) is 2.19. The van der Waals surface area contributed by atoms with E-state index in [9.17, 15) is 0 Å². The molecule has 0 spiro atoms. The normalized spacial score (nSPS) is 12.4. The van der Waals surface area contributed by atoms with E-state index in [0.717, 1.165) is 17.0 Å². The van der Waals surface area contributed by atoms with Crippen molar-refractivity contribution in [3.63, 3.8) is 0 Å². The van der Waals surface area contributed by atoms with Crippen molar-refractivity contribution >= 4 is 12.2 Å². The Bertz CT molecular complexity index is 360. The van der Waals surface area contributed by atoms with Crippen LogP contribution in [0.3, 0.4) is 0 Å². The van der Waals surface area contributed by atoms with Crippen molar-refractivity contribution < 1.29 is 0 Å². The summed E-state index contributed by atoms with van der Waals surface area (Å²) in [6, 6.07) is 0. The summed E-state index contributed by atoms with van der Waals surface area (Å²) in [6.45, 7) is 7.34. The summed E-state index contributed by atoms with van der Waals surface area (Å²) in [7, 11) is 4.17. The number of likely N-dealkylation sites (N-methyl/N-ethyl adjacent to an activating group) is 1. The van der Waals surface area contributed by atoms with Gasteiger partial charge >= 0.3 is 0 Å². The van der Waals surface area contributed by atoms with Gasteiger partial charge in [0.15, 0.2) is 4.77 Å². The Labute approximate surface area is 90.7 Å². The molecule has 0 aliphatic heterocycles. The van der Waals surface area contributed by atoms with E-state index in [4.69, 9.17) is 12.2 Å². The van der Waals surface area contributed by atoms with Crippen molar-refractivity contribution in [2.75, 3.05) is 14.1 Å². The number of nitrogens with zero attached hydrogens (tertiary/aromatic N) is 2. The fourth-order valence-electron chi connectivity index (χ4n) is 1.24. The lowest BCUT2D eigenvalue weighted by molar-refractivity contribution is 0.169. The molecule has 0 bridgehead atoms. The van der Waals surface area contributed by atoms with Gasteiger partial charge in [-0.05, 0) is 47.1 Å². The third-order valence-corrected chi connectivity index (χ3v) is 3.02. The molecular formula is C10H19N3S. The molecule has 0 fully saturated rings. The second kappa shape index (κ2) is 3.87. The van der Waals surface area contributed by atoms with Gasteiger partial charge in [0.05, 0.1) is 0 Å². The van der Waals surface area contributed by atoms with Crippen molar-refractivity contribution in [3.05, 3.63) is 16.7 Å². The number of aromatic amines is 1. The zero-order valence-electron chi connectivity index (χ0n) is 9.59. The number of rotatable bonds is 3. The van der Waals surface area contributed by atoms with Gasteiger partial charge in [-0.3, -0.25) is 0 Å². The van der Waals surface area contributed by atoms with Crippen LogP contribution in [0.4, 0.5) is 0 Å². The number of imidazole rings is 1. The second-order valence-electron chi connectivity index (χ2n) is 4.58. The van der Waals surface area contributed by atoms with Crippen LogP contribution in [0.25, 0.3) is 0 Å². The second-order valence-corrected chi connectivity index (χ2v) is 4.96. The zero-order chi connectivity index (χ0) is 10.9. The maximum atomic E-state index is 5.22. The lowest BCUT2D eigenvalue weighted by atomic mass is 10.0. The largest absolute Gasteiger partial charge is 0.335 e. The minimum atomic E-state index is 0.118. The molecule has 1 rings (SSSR count). The van der Waals surface area contributed by atoms with E-state index in [1.165, 1.54) is 0 Å². The molecule has 0 radical (unpaired) electrons. The van der Waals surface area contributed by atoms with Crippen LogP contribution in [0.5, 0.6) is 0 Å². The summed E-state index contributed by atoms with van der Waals surface area (Å²) in [5.41, 5.74) is 1.23. The van der Waals surface area contributed by atoms with Gasteiger partial charge in [0.25, 0.3) is 0 Å². The summed E-state index contributed by atoms with van der Waals surface area (Å²) in [4.78, 5) is 5.33. The highest BCUT2D eigenvalue weighted by molar-refractivity contribution is 7.71. The highest BCUT2D eigenvalue weighted by atomic mass is 32.1. The number of aromatic nitrogens is 2. The fourth-order valence-corrected chi connectivity index (χ4v) is 1.52. The van der Waals surface area contributed by atoms with Crippen LogP contribution in [0.1, 0.15) is 19.5 Å². The number of hydrogen-bond acceptors (Lipinski definition) is 2. The van der Waals surface area contributed by atoms with Crippen molar-refractivity contribution in [3.8, 4) is 0 Å². The summed E-state index contributed by atoms with van der Waals surface area (Å²) in [5.74, 6) is 0. The minimum Gasteiger partial charge on any atom is -0.335 e. The van der Waals surface area contributed by atoms with E-state index < -0.39 is 0 Å².